The van der Waals surface area contributed by atoms with Crippen LogP contribution in [-0.4, -0.2) is 54.0 Å². The molecule has 1 aliphatic rings. The zero-order valence-corrected chi connectivity index (χ0v) is 15.4. The van der Waals surface area contributed by atoms with Gasteiger partial charge in [0.2, 0.25) is 5.95 Å². The van der Waals surface area contributed by atoms with Crippen LogP contribution in [0.25, 0.3) is 0 Å². The van der Waals surface area contributed by atoms with Crippen molar-refractivity contribution in [2.75, 3.05) is 38.1 Å². The number of amides is 1. The van der Waals surface area contributed by atoms with E-state index in [9.17, 15) is 9.18 Å². The Hall–Kier alpha value is -2.54. The van der Waals surface area contributed by atoms with E-state index in [0.29, 0.717) is 17.2 Å². The van der Waals surface area contributed by atoms with Gasteiger partial charge in [-0.05, 0) is 38.6 Å². The molecule has 3 rings (SSSR count). The van der Waals surface area contributed by atoms with Crippen LogP contribution in [0.3, 0.4) is 0 Å². The van der Waals surface area contributed by atoms with Gasteiger partial charge in [-0.25, -0.2) is 14.4 Å². The molecule has 0 aliphatic carbocycles. The second-order valence-electron chi connectivity index (χ2n) is 6.71. The number of benzene rings is 1. The number of piperazine rings is 1. The van der Waals surface area contributed by atoms with E-state index in [1.807, 2.05) is 13.8 Å². The van der Waals surface area contributed by atoms with Gasteiger partial charge in [0.1, 0.15) is 5.82 Å². The van der Waals surface area contributed by atoms with Crippen molar-refractivity contribution in [3.05, 3.63) is 53.1 Å². The number of hydrogen-bond donors (Lipinski definition) is 1. The quantitative estimate of drug-likeness (QED) is 0.909. The Labute approximate surface area is 153 Å². The lowest BCUT2D eigenvalue weighted by Gasteiger charge is -2.32. The molecular formula is C19H24FN5O. The maximum Gasteiger partial charge on any atom is 0.255 e. The number of likely N-dealkylation sites (N-methyl/N-ethyl adjacent to an activating group) is 1. The molecule has 1 fully saturated rings. The van der Waals surface area contributed by atoms with Gasteiger partial charge in [-0.2, -0.15) is 0 Å². The average Bonchev–Trinajstić information content (AvgIpc) is 2.62. The summed E-state index contributed by atoms with van der Waals surface area (Å²) in [4.78, 5) is 25.9. The Kier molecular flexibility index (Phi) is 5.46. The number of carbonyl (C=O) groups excluding carboxylic acids is 1. The first-order valence-corrected chi connectivity index (χ1v) is 8.77. The third-order valence-corrected chi connectivity index (χ3v) is 4.71. The van der Waals surface area contributed by atoms with E-state index in [1.165, 1.54) is 12.1 Å². The topological polar surface area (TPSA) is 61.4 Å². The third-order valence-electron chi connectivity index (χ3n) is 4.71. The standard InChI is InChI=1S/C19H24FN5O/c1-13(15-4-6-16(20)7-5-15)22-18(26)17-12-21-19(23-14(17)2)25-10-8-24(3)9-11-25/h4-7,12-13H,8-11H2,1-3H3,(H,22,26). The molecule has 1 saturated heterocycles. The van der Waals surface area contributed by atoms with Crippen LogP contribution in [0.15, 0.2) is 30.5 Å². The summed E-state index contributed by atoms with van der Waals surface area (Å²) in [5, 5.41) is 2.92. The second-order valence-corrected chi connectivity index (χ2v) is 6.71. The van der Waals surface area contributed by atoms with Gasteiger partial charge in [-0.3, -0.25) is 4.79 Å². The highest BCUT2D eigenvalue weighted by Gasteiger charge is 2.19. The summed E-state index contributed by atoms with van der Waals surface area (Å²) in [5.74, 6) is 0.138. The van der Waals surface area contributed by atoms with Crippen molar-refractivity contribution >= 4 is 11.9 Å². The zero-order valence-electron chi connectivity index (χ0n) is 15.4. The molecule has 0 radical (unpaired) electrons. The van der Waals surface area contributed by atoms with Crippen LogP contribution in [0.4, 0.5) is 10.3 Å². The fourth-order valence-corrected chi connectivity index (χ4v) is 2.95. The highest BCUT2D eigenvalue weighted by atomic mass is 19.1. The molecule has 1 atom stereocenters. The maximum absolute atomic E-state index is 13.0. The van der Waals surface area contributed by atoms with E-state index in [2.05, 4.69) is 32.1 Å². The monoisotopic (exact) mass is 357 g/mol. The molecule has 1 amide bonds. The number of nitrogens with one attached hydrogen (secondary N) is 1. The normalized spacial score (nSPS) is 16.4. The van der Waals surface area contributed by atoms with Gasteiger partial charge < -0.3 is 15.1 Å². The molecule has 0 bridgehead atoms. The SMILES string of the molecule is Cc1nc(N2CCN(C)CC2)ncc1C(=O)NC(C)c1ccc(F)cc1. The van der Waals surface area contributed by atoms with E-state index < -0.39 is 0 Å². The number of aromatic nitrogens is 2. The summed E-state index contributed by atoms with van der Waals surface area (Å²) < 4.78 is 13.0. The first kappa shape index (κ1) is 18.3. The van der Waals surface area contributed by atoms with Crippen molar-refractivity contribution in [2.45, 2.75) is 19.9 Å². The molecule has 0 spiro atoms. The number of nitrogens with zero attached hydrogens (tertiary/aromatic N) is 4. The molecule has 1 aromatic heterocycles. The van der Waals surface area contributed by atoms with E-state index in [0.717, 1.165) is 31.7 Å². The van der Waals surface area contributed by atoms with Gasteiger partial charge in [-0.1, -0.05) is 12.1 Å². The Morgan fingerprint density at radius 2 is 1.85 bits per heavy atom. The molecule has 26 heavy (non-hydrogen) atoms. The van der Waals surface area contributed by atoms with Gasteiger partial charge in [0.05, 0.1) is 17.3 Å². The molecule has 7 heteroatoms. The lowest BCUT2D eigenvalue weighted by molar-refractivity contribution is 0.0938. The molecule has 1 unspecified atom stereocenters. The smallest absolute Gasteiger partial charge is 0.255 e. The van der Waals surface area contributed by atoms with Crippen molar-refractivity contribution in [3.63, 3.8) is 0 Å². The van der Waals surface area contributed by atoms with Crippen LogP contribution in [-0.2, 0) is 0 Å². The van der Waals surface area contributed by atoms with Gasteiger partial charge in [0, 0.05) is 32.4 Å². The maximum atomic E-state index is 13.0. The number of hydrogen-bond acceptors (Lipinski definition) is 5. The highest BCUT2D eigenvalue weighted by Crippen LogP contribution is 2.16. The Bertz CT molecular complexity index is 772. The first-order chi connectivity index (χ1) is 12.4. The summed E-state index contributed by atoms with van der Waals surface area (Å²) in [6.45, 7) is 7.38. The largest absolute Gasteiger partial charge is 0.345 e. The Morgan fingerprint density at radius 1 is 1.19 bits per heavy atom. The molecule has 1 N–H and O–H groups in total. The predicted molar refractivity (Wildman–Crippen MR) is 98.8 cm³/mol. The molecule has 2 heterocycles. The number of aryl methyl sites for hydroxylation is 1. The molecule has 0 saturated carbocycles. The lowest BCUT2D eigenvalue weighted by atomic mass is 10.1. The van der Waals surface area contributed by atoms with Crippen LogP contribution < -0.4 is 10.2 Å². The Balaban J connectivity index is 1.68. The van der Waals surface area contributed by atoms with Crippen LogP contribution in [0.5, 0.6) is 0 Å². The van der Waals surface area contributed by atoms with Gasteiger partial charge in [0.15, 0.2) is 0 Å². The minimum atomic E-state index is -0.295. The van der Waals surface area contributed by atoms with E-state index in [1.54, 1.807) is 18.3 Å². The number of anilines is 1. The zero-order chi connectivity index (χ0) is 18.7. The van der Waals surface area contributed by atoms with E-state index in [-0.39, 0.29) is 17.8 Å². The van der Waals surface area contributed by atoms with Gasteiger partial charge >= 0.3 is 0 Å². The van der Waals surface area contributed by atoms with Crippen molar-refractivity contribution in [3.8, 4) is 0 Å². The number of halogens is 1. The van der Waals surface area contributed by atoms with Crippen molar-refractivity contribution in [2.24, 2.45) is 0 Å². The molecule has 1 aliphatic heterocycles. The molecule has 2 aromatic rings. The molecule has 6 nitrogen and oxygen atoms in total. The summed E-state index contributed by atoms with van der Waals surface area (Å²) in [5.41, 5.74) is 1.95. The van der Waals surface area contributed by atoms with Crippen molar-refractivity contribution < 1.29 is 9.18 Å². The predicted octanol–water partition coefficient (Wildman–Crippen LogP) is 2.17. The second kappa shape index (κ2) is 7.78. The van der Waals surface area contributed by atoms with Crippen LogP contribution >= 0.6 is 0 Å². The lowest BCUT2D eigenvalue weighted by Crippen LogP contribution is -2.45. The van der Waals surface area contributed by atoms with E-state index >= 15 is 0 Å². The van der Waals surface area contributed by atoms with Crippen LogP contribution in [0, 0.1) is 12.7 Å². The highest BCUT2D eigenvalue weighted by molar-refractivity contribution is 5.95. The minimum absolute atomic E-state index is 0.232. The third kappa shape index (κ3) is 4.16. The van der Waals surface area contributed by atoms with Gasteiger partial charge in [0.25, 0.3) is 5.91 Å². The Morgan fingerprint density at radius 3 is 2.46 bits per heavy atom. The number of carbonyl (C=O) groups is 1. The van der Waals surface area contributed by atoms with Crippen LogP contribution in [0.1, 0.15) is 34.6 Å². The van der Waals surface area contributed by atoms with Gasteiger partial charge in [-0.15, -0.1) is 0 Å². The summed E-state index contributed by atoms with van der Waals surface area (Å²) >= 11 is 0. The fourth-order valence-electron chi connectivity index (χ4n) is 2.95. The average molecular weight is 357 g/mol. The minimum Gasteiger partial charge on any atom is -0.345 e. The first-order valence-electron chi connectivity index (χ1n) is 8.77. The summed E-state index contributed by atoms with van der Waals surface area (Å²) in [6.07, 6.45) is 1.59. The summed E-state index contributed by atoms with van der Waals surface area (Å²) in [7, 11) is 2.10. The van der Waals surface area contributed by atoms with Crippen molar-refractivity contribution in [1.29, 1.82) is 0 Å². The number of rotatable bonds is 4. The summed E-state index contributed by atoms with van der Waals surface area (Å²) in [6, 6.07) is 5.87. The molecule has 1 aromatic carbocycles. The van der Waals surface area contributed by atoms with E-state index in [4.69, 9.17) is 0 Å². The fraction of sp³-hybridized carbons (Fsp3) is 0.421. The van der Waals surface area contributed by atoms with Crippen LogP contribution in [0.2, 0.25) is 0 Å². The molecular weight excluding hydrogens is 333 g/mol. The molecule has 138 valence electrons. The van der Waals surface area contributed by atoms with Crippen molar-refractivity contribution in [1.82, 2.24) is 20.2 Å².